The van der Waals surface area contributed by atoms with Crippen LogP contribution in [0.3, 0.4) is 0 Å². The first-order valence-electron chi connectivity index (χ1n) is 11.2. The van der Waals surface area contributed by atoms with Crippen LogP contribution in [-0.2, 0) is 4.79 Å². The number of piperidine rings is 1. The van der Waals surface area contributed by atoms with Gasteiger partial charge in [0.25, 0.3) is 0 Å². The summed E-state index contributed by atoms with van der Waals surface area (Å²) in [5, 5.41) is 0. The normalized spacial score (nSPS) is 19.3. The molecular weight excluding hydrogens is 404 g/mol. The van der Waals surface area contributed by atoms with Crippen molar-refractivity contribution in [2.75, 3.05) is 56.2 Å². The van der Waals surface area contributed by atoms with Crippen LogP contribution in [0.2, 0.25) is 0 Å². The van der Waals surface area contributed by atoms with Crippen molar-refractivity contribution < 1.29 is 9.53 Å². The third-order valence-electron chi connectivity index (χ3n) is 6.46. The molecule has 0 aliphatic carbocycles. The first kappa shape index (κ1) is 20.5. The lowest BCUT2D eigenvalue weighted by Gasteiger charge is -2.40. The van der Waals surface area contributed by atoms with Gasteiger partial charge in [-0.2, -0.15) is 0 Å². The summed E-state index contributed by atoms with van der Waals surface area (Å²) >= 11 is 0. The zero-order valence-corrected chi connectivity index (χ0v) is 18.4. The number of para-hydroxylation sites is 2. The average molecular weight is 433 g/mol. The summed E-state index contributed by atoms with van der Waals surface area (Å²) in [6, 6.07) is 10.1. The second-order valence-electron chi connectivity index (χ2n) is 8.36. The molecule has 8 nitrogen and oxygen atoms in total. The van der Waals surface area contributed by atoms with E-state index in [9.17, 15) is 4.79 Å². The molecule has 0 bridgehead atoms. The summed E-state index contributed by atoms with van der Waals surface area (Å²) in [6.07, 6.45) is 7.11. The van der Waals surface area contributed by atoms with Gasteiger partial charge < -0.3 is 19.4 Å². The number of pyridine rings is 1. The molecule has 166 valence electrons. The molecule has 3 aromatic rings. The van der Waals surface area contributed by atoms with Gasteiger partial charge in [0, 0.05) is 51.7 Å². The molecule has 0 spiro atoms. The van der Waals surface area contributed by atoms with Gasteiger partial charge in [-0.15, -0.1) is 0 Å². The van der Waals surface area contributed by atoms with Gasteiger partial charge in [-0.05, 0) is 31.0 Å². The van der Waals surface area contributed by atoms with Crippen molar-refractivity contribution in [1.82, 2.24) is 19.9 Å². The summed E-state index contributed by atoms with van der Waals surface area (Å²) < 4.78 is 5.51. The fraction of sp³-hybridized carbons (Fsp3) is 0.417. The van der Waals surface area contributed by atoms with E-state index in [1.165, 1.54) is 0 Å². The van der Waals surface area contributed by atoms with Crippen LogP contribution in [0, 0.1) is 5.92 Å². The van der Waals surface area contributed by atoms with Gasteiger partial charge in [0.05, 0.1) is 30.6 Å². The first-order valence-corrected chi connectivity index (χ1v) is 11.2. The van der Waals surface area contributed by atoms with E-state index in [4.69, 9.17) is 4.74 Å². The third kappa shape index (κ3) is 4.04. The van der Waals surface area contributed by atoms with Crippen LogP contribution >= 0.6 is 0 Å². The second-order valence-corrected chi connectivity index (χ2v) is 8.36. The van der Waals surface area contributed by atoms with Crippen molar-refractivity contribution in [3.8, 4) is 5.75 Å². The van der Waals surface area contributed by atoms with E-state index < -0.39 is 0 Å². The molecule has 2 aliphatic heterocycles. The number of carbonyl (C=O) groups is 1. The molecule has 5 rings (SSSR count). The van der Waals surface area contributed by atoms with Gasteiger partial charge in [-0.1, -0.05) is 12.1 Å². The molecule has 1 aromatic carbocycles. The number of hydrogen-bond donors (Lipinski definition) is 0. The summed E-state index contributed by atoms with van der Waals surface area (Å²) in [6.45, 7) is 4.75. The minimum absolute atomic E-state index is 0.0131. The summed E-state index contributed by atoms with van der Waals surface area (Å²) in [5.41, 5.74) is 3.54. The van der Waals surface area contributed by atoms with Crippen molar-refractivity contribution in [1.29, 1.82) is 0 Å². The zero-order chi connectivity index (χ0) is 21.9. The second kappa shape index (κ2) is 8.98. The number of aromatic nitrogens is 3. The number of rotatable bonds is 4. The highest BCUT2D eigenvalue weighted by Gasteiger charge is 2.31. The van der Waals surface area contributed by atoms with Gasteiger partial charge in [0.1, 0.15) is 11.3 Å². The van der Waals surface area contributed by atoms with E-state index in [1.807, 2.05) is 35.4 Å². The summed E-state index contributed by atoms with van der Waals surface area (Å²) in [5.74, 6) is 1.16. The lowest BCUT2D eigenvalue weighted by Crippen LogP contribution is -2.52. The molecule has 0 N–H and O–H groups in total. The Bertz CT molecular complexity index is 1100. The molecule has 2 saturated heterocycles. The van der Waals surface area contributed by atoms with E-state index >= 15 is 0 Å². The molecule has 4 heterocycles. The molecule has 2 aromatic heterocycles. The smallest absolute Gasteiger partial charge is 0.227 e. The molecule has 0 saturated carbocycles. The maximum Gasteiger partial charge on any atom is 0.227 e. The van der Waals surface area contributed by atoms with E-state index in [-0.39, 0.29) is 11.8 Å². The zero-order valence-electron chi connectivity index (χ0n) is 18.4. The summed E-state index contributed by atoms with van der Waals surface area (Å²) in [4.78, 5) is 33.0. The topological polar surface area (TPSA) is 74.7 Å². The Hall–Kier alpha value is -3.42. The van der Waals surface area contributed by atoms with Gasteiger partial charge in [-0.3, -0.25) is 9.78 Å². The fourth-order valence-electron chi connectivity index (χ4n) is 4.75. The number of carbonyl (C=O) groups excluding carboxylic acids is 1. The Kier molecular flexibility index (Phi) is 5.75. The Morgan fingerprint density at radius 1 is 1.00 bits per heavy atom. The SMILES string of the molecule is COc1ccccc1N1CCN(C(=O)[C@@H]2CCCN(c3cnc4nccnc4c3)C2)CC1. The van der Waals surface area contributed by atoms with Crippen LogP contribution in [0.5, 0.6) is 5.75 Å². The number of amides is 1. The number of ether oxygens (including phenoxy) is 1. The van der Waals surface area contributed by atoms with E-state index in [0.29, 0.717) is 5.65 Å². The predicted molar refractivity (Wildman–Crippen MR) is 124 cm³/mol. The van der Waals surface area contributed by atoms with Crippen LogP contribution in [0.4, 0.5) is 11.4 Å². The lowest BCUT2D eigenvalue weighted by molar-refractivity contribution is -0.136. The Morgan fingerprint density at radius 3 is 2.66 bits per heavy atom. The van der Waals surface area contributed by atoms with E-state index in [2.05, 4.69) is 30.8 Å². The standard InChI is InChI=1S/C24H28N6O2/c1-32-22-7-3-2-6-21(22)28-11-13-29(14-12-28)24(31)18-5-4-10-30(17-18)19-15-20-23(27-16-19)26-9-8-25-20/h2-3,6-9,15-16,18H,4-5,10-14,17H2,1H3/t18-/m1/s1. The predicted octanol–water partition coefficient (Wildman–Crippen LogP) is 2.60. The van der Waals surface area contributed by atoms with Gasteiger partial charge in [0.15, 0.2) is 5.65 Å². The highest BCUT2D eigenvalue weighted by atomic mass is 16.5. The maximum absolute atomic E-state index is 13.3. The van der Waals surface area contributed by atoms with Crippen LogP contribution in [0.25, 0.3) is 11.2 Å². The van der Waals surface area contributed by atoms with E-state index in [0.717, 1.165) is 74.8 Å². The van der Waals surface area contributed by atoms with Crippen molar-refractivity contribution in [3.63, 3.8) is 0 Å². The van der Waals surface area contributed by atoms with Gasteiger partial charge >= 0.3 is 0 Å². The molecule has 8 heteroatoms. The van der Waals surface area contributed by atoms with Crippen LogP contribution in [0.15, 0.2) is 48.9 Å². The number of piperazine rings is 1. The van der Waals surface area contributed by atoms with E-state index in [1.54, 1.807) is 19.5 Å². The maximum atomic E-state index is 13.3. The van der Waals surface area contributed by atoms with Crippen LogP contribution in [0.1, 0.15) is 12.8 Å². The Labute approximate surface area is 187 Å². The first-order chi connectivity index (χ1) is 15.7. The van der Waals surface area contributed by atoms with Crippen LogP contribution < -0.4 is 14.5 Å². The number of hydrogen-bond acceptors (Lipinski definition) is 7. The van der Waals surface area contributed by atoms with Crippen LogP contribution in [-0.4, -0.2) is 72.1 Å². The van der Waals surface area contributed by atoms with Crippen molar-refractivity contribution in [2.45, 2.75) is 12.8 Å². The number of anilines is 2. The number of benzene rings is 1. The Balaban J connectivity index is 1.23. The molecule has 1 atom stereocenters. The van der Waals surface area contributed by atoms with Crippen molar-refractivity contribution in [3.05, 3.63) is 48.9 Å². The molecule has 1 amide bonds. The molecule has 0 unspecified atom stereocenters. The van der Waals surface area contributed by atoms with Crippen molar-refractivity contribution in [2.24, 2.45) is 5.92 Å². The van der Waals surface area contributed by atoms with Crippen molar-refractivity contribution >= 4 is 28.4 Å². The number of fused-ring (bicyclic) bond motifs is 1. The minimum atomic E-state index is 0.0131. The summed E-state index contributed by atoms with van der Waals surface area (Å²) in [7, 11) is 1.70. The van der Waals surface area contributed by atoms with Gasteiger partial charge in [0.2, 0.25) is 5.91 Å². The quantitative estimate of drug-likeness (QED) is 0.627. The molecule has 2 fully saturated rings. The fourth-order valence-corrected chi connectivity index (χ4v) is 4.75. The highest BCUT2D eigenvalue weighted by Crippen LogP contribution is 2.29. The highest BCUT2D eigenvalue weighted by molar-refractivity contribution is 5.81. The largest absolute Gasteiger partial charge is 0.495 e. The Morgan fingerprint density at radius 2 is 1.81 bits per heavy atom. The lowest BCUT2D eigenvalue weighted by atomic mass is 9.95. The number of nitrogens with zero attached hydrogens (tertiary/aromatic N) is 6. The molecule has 32 heavy (non-hydrogen) atoms. The third-order valence-corrected chi connectivity index (χ3v) is 6.46. The van der Waals surface area contributed by atoms with Gasteiger partial charge in [-0.25, -0.2) is 9.97 Å². The monoisotopic (exact) mass is 432 g/mol. The minimum Gasteiger partial charge on any atom is -0.495 e. The average Bonchev–Trinajstić information content (AvgIpc) is 2.88. The molecule has 2 aliphatic rings. The number of methoxy groups -OCH3 is 1. The molecule has 0 radical (unpaired) electrons. The molecular formula is C24H28N6O2.